The lowest BCUT2D eigenvalue weighted by Gasteiger charge is -2.37. The zero-order chi connectivity index (χ0) is 7.68. The van der Waals surface area contributed by atoms with Gasteiger partial charge in [-0.3, -0.25) is 0 Å². The molecule has 0 unspecified atom stereocenters. The molecule has 0 aromatic heterocycles. The second-order valence-electron chi connectivity index (χ2n) is 3.87. The molecule has 2 fully saturated rings. The Morgan fingerprint density at radius 2 is 1.55 bits per heavy atom. The first-order valence-electron chi connectivity index (χ1n) is 4.62. The van der Waals surface area contributed by atoms with E-state index in [9.17, 15) is 5.11 Å². The van der Waals surface area contributed by atoms with Crippen molar-refractivity contribution in [3.8, 4) is 0 Å². The minimum absolute atomic E-state index is 0.00718. The molecule has 1 saturated carbocycles. The van der Waals surface area contributed by atoms with Crippen LogP contribution in [0.1, 0.15) is 25.7 Å². The fourth-order valence-electron chi connectivity index (χ4n) is 2.10. The molecule has 1 aliphatic heterocycles. The molecule has 0 bridgehead atoms. The lowest BCUT2D eigenvalue weighted by molar-refractivity contribution is -0.0741. The van der Waals surface area contributed by atoms with Crippen LogP contribution >= 0.6 is 0 Å². The van der Waals surface area contributed by atoms with Gasteiger partial charge in [-0.15, -0.1) is 0 Å². The van der Waals surface area contributed by atoms with Crippen molar-refractivity contribution >= 4 is 0 Å². The van der Waals surface area contributed by atoms with Gasteiger partial charge in [0.2, 0.25) is 0 Å². The van der Waals surface area contributed by atoms with E-state index in [1.54, 1.807) is 0 Å². The van der Waals surface area contributed by atoms with E-state index in [4.69, 9.17) is 4.74 Å². The van der Waals surface area contributed by atoms with Gasteiger partial charge in [-0.1, -0.05) is 0 Å². The number of rotatable bonds is 1. The second-order valence-corrected chi connectivity index (χ2v) is 3.87. The summed E-state index contributed by atoms with van der Waals surface area (Å²) in [7, 11) is 0. The quantitative estimate of drug-likeness (QED) is 0.618. The highest BCUT2D eigenvalue weighted by atomic mass is 16.5. The molecule has 2 heteroatoms. The molecular formula is C9H16O2. The summed E-state index contributed by atoms with van der Waals surface area (Å²) >= 11 is 0. The van der Waals surface area contributed by atoms with Crippen LogP contribution in [0.3, 0.4) is 0 Å². The van der Waals surface area contributed by atoms with Crippen LogP contribution in [0.25, 0.3) is 0 Å². The molecule has 64 valence electrons. The Hall–Kier alpha value is -0.0800. The Kier molecular flexibility index (Phi) is 2.14. The van der Waals surface area contributed by atoms with E-state index in [2.05, 4.69) is 0 Å². The van der Waals surface area contributed by atoms with Crippen molar-refractivity contribution in [2.24, 2.45) is 11.8 Å². The summed E-state index contributed by atoms with van der Waals surface area (Å²) in [6.45, 7) is 1.95. The number of aliphatic hydroxyl groups excluding tert-OH is 1. The van der Waals surface area contributed by atoms with Crippen LogP contribution in [0.2, 0.25) is 0 Å². The van der Waals surface area contributed by atoms with Crippen molar-refractivity contribution in [3.63, 3.8) is 0 Å². The molecule has 2 nitrogen and oxygen atoms in total. The standard InChI is InChI=1S/C9H16O2/c10-9-3-1-7(2-4-9)8-5-11-6-8/h7-10H,1-6H2. The first-order valence-corrected chi connectivity index (χ1v) is 4.62. The van der Waals surface area contributed by atoms with E-state index in [1.165, 1.54) is 12.8 Å². The average molecular weight is 156 g/mol. The fourth-order valence-corrected chi connectivity index (χ4v) is 2.10. The summed E-state index contributed by atoms with van der Waals surface area (Å²) < 4.78 is 5.15. The van der Waals surface area contributed by atoms with Crippen LogP contribution in [0, 0.1) is 11.8 Å². The molecule has 0 amide bonds. The SMILES string of the molecule is OC1CCC(C2COC2)CC1. The van der Waals surface area contributed by atoms with Gasteiger partial charge in [0, 0.05) is 5.92 Å². The summed E-state index contributed by atoms with van der Waals surface area (Å²) in [6, 6.07) is 0. The molecule has 2 aliphatic rings. The predicted octanol–water partition coefficient (Wildman–Crippen LogP) is 1.18. The molecule has 2 rings (SSSR count). The van der Waals surface area contributed by atoms with Gasteiger partial charge in [0.05, 0.1) is 19.3 Å². The third-order valence-electron chi connectivity index (χ3n) is 3.07. The van der Waals surface area contributed by atoms with Gasteiger partial charge in [-0.05, 0) is 31.6 Å². The Balaban J connectivity index is 1.77. The van der Waals surface area contributed by atoms with E-state index < -0.39 is 0 Å². The smallest absolute Gasteiger partial charge is 0.0540 e. The summed E-state index contributed by atoms with van der Waals surface area (Å²) in [6.07, 6.45) is 4.46. The Morgan fingerprint density at radius 1 is 0.909 bits per heavy atom. The molecule has 0 aromatic rings. The first-order chi connectivity index (χ1) is 5.36. The van der Waals surface area contributed by atoms with Crippen LogP contribution in [0.5, 0.6) is 0 Å². The van der Waals surface area contributed by atoms with Crippen LogP contribution in [0.15, 0.2) is 0 Å². The highest BCUT2D eigenvalue weighted by Gasteiger charge is 2.31. The number of hydrogen-bond acceptors (Lipinski definition) is 2. The molecule has 0 spiro atoms. The maximum Gasteiger partial charge on any atom is 0.0540 e. The fraction of sp³-hybridized carbons (Fsp3) is 1.00. The molecule has 0 atom stereocenters. The minimum Gasteiger partial charge on any atom is -0.393 e. The molecule has 0 radical (unpaired) electrons. The first kappa shape index (κ1) is 7.56. The van der Waals surface area contributed by atoms with Crippen molar-refractivity contribution in [2.75, 3.05) is 13.2 Å². The van der Waals surface area contributed by atoms with Gasteiger partial charge in [0.15, 0.2) is 0 Å². The highest BCUT2D eigenvalue weighted by Crippen LogP contribution is 2.33. The maximum atomic E-state index is 9.27. The number of ether oxygens (including phenoxy) is 1. The van der Waals surface area contributed by atoms with E-state index in [1.807, 2.05) is 0 Å². The molecule has 1 heterocycles. The number of aliphatic hydroxyl groups is 1. The third-order valence-corrected chi connectivity index (χ3v) is 3.07. The van der Waals surface area contributed by atoms with Crippen molar-refractivity contribution < 1.29 is 9.84 Å². The summed E-state index contributed by atoms with van der Waals surface area (Å²) in [5.41, 5.74) is 0. The van der Waals surface area contributed by atoms with Crippen LogP contribution in [-0.4, -0.2) is 24.4 Å². The largest absolute Gasteiger partial charge is 0.393 e. The lowest BCUT2D eigenvalue weighted by Crippen LogP contribution is -2.36. The summed E-state index contributed by atoms with van der Waals surface area (Å²) in [5, 5.41) is 9.27. The molecule has 11 heavy (non-hydrogen) atoms. The minimum atomic E-state index is -0.00718. The van der Waals surface area contributed by atoms with Gasteiger partial charge < -0.3 is 9.84 Å². The average Bonchev–Trinajstić information content (AvgIpc) is 1.90. The van der Waals surface area contributed by atoms with Crippen LogP contribution in [0.4, 0.5) is 0 Å². The van der Waals surface area contributed by atoms with Crippen molar-refractivity contribution in [2.45, 2.75) is 31.8 Å². The van der Waals surface area contributed by atoms with Crippen molar-refractivity contribution in [1.29, 1.82) is 0 Å². The Morgan fingerprint density at radius 3 is 2.00 bits per heavy atom. The van der Waals surface area contributed by atoms with Crippen LogP contribution in [-0.2, 0) is 4.74 Å². The van der Waals surface area contributed by atoms with Crippen molar-refractivity contribution in [3.05, 3.63) is 0 Å². The monoisotopic (exact) mass is 156 g/mol. The van der Waals surface area contributed by atoms with E-state index >= 15 is 0 Å². The number of hydrogen-bond donors (Lipinski definition) is 1. The summed E-state index contributed by atoms with van der Waals surface area (Å²) in [4.78, 5) is 0. The predicted molar refractivity (Wildman–Crippen MR) is 42.3 cm³/mol. The van der Waals surface area contributed by atoms with E-state index in [0.29, 0.717) is 0 Å². The maximum absolute atomic E-state index is 9.27. The van der Waals surface area contributed by atoms with E-state index in [-0.39, 0.29) is 6.10 Å². The second kappa shape index (κ2) is 3.11. The molecular weight excluding hydrogens is 140 g/mol. The van der Waals surface area contributed by atoms with Gasteiger partial charge in [0.1, 0.15) is 0 Å². The van der Waals surface area contributed by atoms with Gasteiger partial charge in [-0.25, -0.2) is 0 Å². The molecule has 1 saturated heterocycles. The lowest BCUT2D eigenvalue weighted by atomic mass is 9.78. The van der Waals surface area contributed by atoms with Gasteiger partial charge in [0.25, 0.3) is 0 Å². The third kappa shape index (κ3) is 1.57. The highest BCUT2D eigenvalue weighted by molar-refractivity contribution is 4.80. The van der Waals surface area contributed by atoms with E-state index in [0.717, 1.165) is 37.9 Å². The molecule has 0 aromatic carbocycles. The zero-order valence-electron chi connectivity index (χ0n) is 6.83. The Bertz CT molecular complexity index is 124. The normalized spacial score (nSPS) is 40.1. The molecule has 1 aliphatic carbocycles. The van der Waals surface area contributed by atoms with Gasteiger partial charge in [-0.2, -0.15) is 0 Å². The topological polar surface area (TPSA) is 29.5 Å². The van der Waals surface area contributed by atoms with Gasteiger partial charge >= 0.3 is 0 Å². The summed E-state index contributed by atoms with van der Waals surface area (Å²) in [5.74, 6) is 1.68. The van der Waals surface area contributed by atoms with Crippen molar-refractivity contribution in [1.82, 2.24) is 0 Å². The van der Waals surface area contributed by atoms with Crippen LogP contribution < -0.4 is 0 Å². The zero-order valence-corrected chi connectivity index (χ0v) is 6.83. The molecule has 1 N–H and O–H groups in total. The Labute approximate surface area is 67.6 Å².